The van der Waals surface area contributed by atoms with Crippen molar-refractivity contribution < 1.29 is 9.59 Å². The van der Waals surface area contributed by atoms with Crippen LogP contribution in [0.4, 0.5) is 0 Å². The van der Waals surface area contributed by atoms with E-state index in [4.69, 9.17) is 0 Å². The number of hydrogen-bond donors (Lipinski definition) is 1. The summed E-state index contributed by atoms with van der Waals surface area (Å²) in [5, 5.41) is 2.83. The van der Waals surface area contributed by atoms with E-state index in [-0.39, 0.29) is 23.9 Å². The van der Waals surface area contributed by atoms with Gasteiger partial charge in [0.15, 0.2) is 0 Å². The fourth-order valence-electron chi connectivity index (χ4n) is 1.66. The minimum absolute atomic E-state index is 0.0595. The van der Waals surface area contributed by atoms with Gasteiger partial charge in [-0.1, -0.05) is 17.7 Å². The lowest BCUT2D eigenvalue weighted by atomic mass is 10.1. The number of nitrogens with one attached hydrogen (secondary N) is 1. The Bertz CT molecular complexity index is 458. The maximum Gasteiger partial charge on any atom is 0.254 e. The Balaban J connectivity index is 2.63. The number of aryl methyl sites for hydroxylation is 1. The molecular weight excluding hydrogens is 240 g/mol. The normalized spacial score (nSPS) is 11.0. The highest BCUT2D eigenvalue weighted by molar-refractivity contribution is 5.96. The lowest BCUT2D eigenvalue weighted by Crippen LogP contribution is -2.46. The molecule has 1 aromatic carbocycles. The first-order valence-corrected chi connectivity index (χ1v) is 6.32. The van der Waals surface area contributed by atoms with Crippen LogP contribution in [0.15, 0.2) is 24.3 Å². The third-order valence-corrected chi connectivity index (χ3v) is 2.54. The molecule has 0 aliphatic rings. The summed E-state index contributed by atoms with van der Waals surface area (Å²) in [5.74, 6) is -0.306. The van der Waals surface area contributed by atoms with E-state index in [2.05, 4.69) is 5.32 Å². The monoisotopic (exact) mass is 262 g/mol. The quantitative estimate of drug-likeness (QED) is 0.905. The fourth-order valence-corrected chi connectivity index (χ4v) is 1.66. The standard InChI is InChI=1S/C15H22N2O2/c1-11-6-8-12(9-7-11)14(19)17(5)10-13(18)16-15(2,3)4/h6-9H,10H2,1-5H3,(H,16,18). The number of benzene rings is 1. The maximum atomic E-state index is 12.1. The van der Waals surface area contributed by atoms with Gasteiger partial charge >= 0.3 is 0 Å². The molecule has 0 aliphatic carbocycles. The second-order valence-corrected chi connectivity index (χ2v) is 5.83. The summed E-state index contributed by atoms with van der Waals surface area (Å²) in [6, 6.07) is 7.32. The van der Waals surface area contributed by atoms with E-state index in [1.54, 1.807) is 19.2 Å². The number of carbonyl (C=O) groups is 2. The van der Waals surface area contributed by atoms with E-state index in [1.807, 2.05) is 39.8 Å². The second kappa shape index (κ2) is 5.87. The lowest BCUT2D eigenvalue weighted by molar-refractivity contribution is -0.122. The van der Waals surface area contributed by atoms with Gasteiger partial charge in [-0.25, -0.2) is 0 Å². The van der Waals surface area contributed by atoms with Gasteiger partial charge in [-0.3, -0.25) is 9.59 Å². The molecule has 19 heavy (non-hydrogen) atoms. The van der Waals surface area contributed by atoms with Crippen LogP contribution in [0.2, 0.25) is 0 Å². The van der Waals surface area contributed by atoms with Crippen LogP contribution in [-0.4, -0.2) is 35.8 Å². The van der Waals surface area contributed by atoms with E-state index >= 15 is 0 Å². The van der Waals surface area contributed by atoms with Crippen molar-refractivity contribution in [3.8, 4) is 0 Å². The first-order valence-electron chi connectivity index (χ1n) is 6.32. The van der Waals surface area contributed by atoms with Crippen LogP contribution in [0.1, 0.15) is 36.7 Å². The molecule has 0 saturated heterocycles. The van der Waals surface area contributed by atoms with Gasteiger partial charge in [-0.05, 0) is 39.8 Å². The van der Waals surface area contributed by atoms with Gasteiger partial charge in [-0.2, -0.15) is 0 Å². The average Bonchev–Trinajstić information content (AvgIpc) is 2.26. The van der Waals surface area contributed by atoms with Crippen LogP contribution in [0.25, 0.3) is 0 Å². The number of hydrogen-bond acceptors (Lipinski definition) is 2. The number of nitrogens with zero attached hydrogens (tertiary/aromatic N) is 1. The molecule has 0 radical (unpaired) electrons. The van der Waals surface area contributed by atoms with E-state index in [1.165, 1.54) is 4.90 Å². The molecule has 104 valence electrons. The molecule has 0 heterocycles. The highest BCUT2D eigenvalue weighted by Gasteiger charge is 2.18. The van der Waals surface area contributed by atoms with E-state index in [0.717, 1.165) is 5.56 Å². The van der Waals surface area contributed by atoms with Crippen LogP contribution in [-0.2, 0) is 4.79 Å². The molecular formula is C15H22N2O2. The van der Waals surface area contributed by atoms with Gasteiger partial charge in [0.2, 0.25) is 5.91 Å². The average molecular weight is 262 g/mol. The summed E-state index contributed by atoms with van der Waals surface area (Å²) in [6.07, 6.45) is 0. The van der Waals surface area contributed by atoms with Gasteiger partial charge in [0.1, 0.15) is 0 Å². The Morgan fingerprint density at radius 3 is 2.16 bits per heavy atom. The summed E-state index contributed by atoms with van der Waals surface area (Å²) in [4.78, 5) is 25.3. The highest BCUT2D eigenvalue weighted by Crippen LogP contribution is 2.06. The van der Waals surface area contributed by atoms with Gasteiger partial charge < -0.3 is 10.2 Å². The van der Waals surface area contributed by atoms with Crippen molar-refractivity contribution in [3.05, 3.63) is 35.4 Å². The maximum absolute atomic E-state index is 12.1. The summed E-state index contributed by atoms with van der Waals surface area (Å²) >= 11 is 0. The Kier molecular flexibility index (Phi) is 4.70. The fraction of sp³-hybridized carbons (Fsp3) is 0.467. The zero-order valence-corrected chi connectivity index (χ0v) is 12.3. The Labute approximate surface area is 114 Å². The molecule has 0 spiro atoms. The molecule has 1 rings (SSSR count). The second-order valence-electron chi connectivity index (χ2n) is 5.83. The first-order chi connectivity index (χ1) is 8.69. The van der Waals surface area contributed by atoms with Crippen molar-refractivity contribution in [2.24, 2.45) is 0 Å². The Morgan fingerprint density at radius 2 is 1.68 bits per heavy atom. The van der Waals surface area contributed by atoms with Crippen LogP contribution in [0, 0.1) is 6.92 Å². The SMILES string of the molecule is Cc1ccc(C(=O)N(C)CC(=O)NC(C)(C)C)cc1. The molecule has 0 fully saturated rings. The third kappa shape index (κ3) is 5.12. The highest BCUT2D eigenvalue weighted by atomic mass is 16.2. The largest absolute Gasteiger partial charge is 0.350 e. The Hall–Kier alpha value is -1.84. The number of amides is 2. The molecule has 0 aromatic heterocycles. The smallest absolute Gasteiger partial charge is 0.254 e. The molecule has 0 bridgehead atoms. The van der Waals surface area contributed by atoms with Crippen LogP contribution in [0.5, 0.6) is 0 Å². The molecule has 1 aromatic rings. The summed E-state index contributed by atoms with van der Waals surface area (Å²) in [5.41, 5.74) is 1.41. The van der Waals surface area contributed by atoms with Gasteiger partial charge in [0.05, 0.1) is 6.54 Å². The van der Waals surface area contributed by atoms with Gasteiger partial charge in [-0.15, -0.1) is 0 Å². The molecule has 0 aliphatic heterocycles. The molecule has 0 unspecified atom stereocenters. The van der Waals surface area contributed by atoms with Crippen molar-refractivity contribution in [3.63, 3.8) is 0 Å². The number of rotatable bonds is 3. The predicted octanol–water partition coefficient (Wildman–Crippen LogP) is 1.98. The molecule has 2 amide bonds. The number of likely N-dealkylation sites (N-methyl/N-ethyl adjacent to an activating group) is 1. The van der Waals surface area contributed by atoms with Crippen LogP contribution in [0.3, 0.4) is 0 Å². The first kappa shape index (κ1) is 15.2. The van der Waals surface area contributed by atoms with E-state index < -0.39 is 0 Å². The minimum atomic E-state index is -0.287. The lowest BCUT2D eigenvalue weighted by Gasteiger charge is -2.23. The van der Waals surface area contributed by atoms with Gasteiger partial charge in [0, 0.05) is 18.2 Å². The zero-order valence-electron chi connectivity index (χ0n) is 12.3. The van der Waals surface area contributed by atoms with Crippen LogP contribution >= 0.6 is 0 Å². The topological polar surface area (TPSA) is 49.4 Å². The van der Waals surface area contributed by atoms with Crippen molar-refractivity contribution in [1.82, 2.24) is 10.2 Å². The summed E-state index contributed by atoms with van der Waals surface area (Å²) < 4.78 is 0. The van der Waals surface area contributed by atoms with E-state index in [9.17, 15) is 9.59 Å². The molecule has 0 saturated carbocycles. The molecule has 4 heteroatoms. The van der Waals surface area contributed by atoms with Crippen molar-refractivity contribution in [2.45, 2.75) is 33.2 Å². The van der Waals surface area contributed by atoms with Crippen molar-refractivity contribution in [1.29, 1.82) is 0 Å². The zero-order chi connectivity index (χ0) is 14.6. The van der Waals surface area contributed by atoms with Crippen molar-refractivity contribution >= 4 is 11.8 Å². The third-order valence-electron chi connectivity index (χ3n) is 2.54. The minimum Gasteiger partial charge on any atom is -0.350 e. The number of carbonyl (C=O) groups excluding carboxylic acids is 2. The summed E-state index contributed by atoms with van der Waals surface area (Å²) in [6.45, 7) is 7.75. The van der Waals surface area contributed by atoms with Crippen molar-refractivity contribution in [2.75, 3.05) is 13.6 Å². The van der Waals surface area contributed by atoms with E-state index in [0.29, 0.717) is 5.56 Å². The van der Waals surface area contributed by atoms with Crippen LogP contribution < -0.4 is 5.32 Å². The summed E-state index contributed by atoms with van der Waals surface area (Å²) in [7, 11) is 1.63. The predicted molar refractivity (Wildman–Crippen MR) is 76.0 cm³/mol. The Morgan fingerprint density at radius 1 is 1.16 bits per heavy atom. The van der Waals surface area contributed by atoms with Gasteiger partial charge in [0.25, 0.3) is 5.91 Å². The molecule has 1 N–H and O–H groups in total. The molecule has 0 atom stereocenters. The molecule has 4 nitrogen and oxygen atoms in total.